The van der Waals surface area contributed by atoms with Crippen LogP contribution in [0.2, 0.25) is 5.02 Å². The van der Waals surface area contributed by atoms with Crippen LogP contribution in [0.4, 0.5) is 10.5 Å². The molecule has 0 unspecified atom stereocenters. The highest BCUT2D eigenvalue weighted by Crippen LogP contribution is 2.27. The normalized spacial score (nSPS) is 9.63. The van der Waals surface area contributed by atoms with Crippen LogP contribution in [0, 0.1) is 11.8 Å². The van der Waals surface area contributed by atoms with Crippen LogP contribution in [0.3, 0.4) is 0 Å². The van der Waals surface area contributed by atoms with Gasteiger partial charge in [0.15, 0.2) is 0 Å². The molecule has 3 amide bonds. The number of carbonyl (C=O) groups is 2. The van der Waals surface area contributed by atoms with Gasteiger partial charge in [0.25, 0.3) is 5.91 Å². The molecule has 0 saturated carbocycles. The lowest BCUT2D eigenvalue weighted by molar-refractivity contribution is 0.0827. The summed E-state index contributed by atoms with van der Waals surface area (Å²) in [4.78, 5) is 25.3. The van der Waals surface area contributed by atoms with Crippen molar-refractivity contribution in [3.8, 4) is 17.6 Å². The first-order valence-corrected chi connectivity index (χ1v) is 8.47. The van der Waals surface area contributed by atoms with Crippen LogP contribution in [-0.4, -0.2) is 44.6 Å². The SMILES string of the molecule is COc1ccc(Cl)cc1NC(=O)NCC#Cc1ccc(C(=O)N(C)C)cc1. The van der Waals surface area contributed by atoms with E-state index in [1.54, 1.807) is 56.6 Å². The van der Waals surface area contributed by atoms with Crippen molar-refractivity contribution in [2.75, 3.05) is 33.1 Å². The van der Waals surface area contributed by atoms with E-state index in [2.05, 4.69) is 22.5 Å². The number of benzene rings is 2. The maximum Gasteiger partial charge on any atom is 0.320 e. The van der Waals surface area contributed by atoms with Crippen LogP contribution in [0.15, 0.2) is 42.5 Å². The molecule has 0 bridgehead atoms. The quantitative estimate of drug-likeness (QED) is 0.794. The van der Waals surface area contributed by atoms with Gasteiger partial charge in [0.1, 0.15) is 5.75 Å². The summed E-state index contributed by atoms with van der Waals surface area (Å²) in [5.41, 5.74) is 1.82. The molecule has 0 aliphatic rings. The van der Waals surface area contributed by atoms with Gasteiger partial charge in [0.2, 0.25) is 0 Å². The Balaban J connectivity index is 1.89. The first-order chi connectivity index (χ1) is 12.9. The molecule has 2 N–H and O–H groups in total. The minimum Gasteiger partial charge on any atom is -0.495 e. The number of urea groups is 1. The summed E-state index contributed by atoms with van der Waals surface area (Å²) in [7, 11) is 4.91. The Kier molecular flexibility index (Phi) is 7.09. The molecule has 6 nitrogen and oxygen atoms in total. The summed E-state index contributed by atoms with van der Waals surface area (Å²) in [6.45, 7) is 0.160. The van der Waals surface area contributed by atoms with E-state index in [1.165, 1.54) is 12.0 Å². The summed E-state index contributed by atoms with van der Waals surface area (Å²) >= 11 is 5.93. The highest BCUT2D eigenvalue weighted by molar-refractivity contribution is 6.31. The van der Waals surface area contributed by atoms with E-state index >= 15 is 0 Å². The lowest BCUT2D eigenvalue weighted by Crippen LogP contribution is -2.29. The van der Waals surface area contributed by atoms with Crippen LogP contribution in [0.5, 0.6) is 5.75 Å². The van der Waals surface area contributed by atoms with Crippen molar-refractivity contribution < 1.29 is 14.3 Å². The van der Waals surface area contributed by atoms with E-state index in [-0.39, 0.29) is 12.5 Å². The Hall–Kier alpha value is -3.17. The van der Waals surface area contributed by atoms with Gasteiger partial charge < -0.3 is 20.3 Å². The predicted octanol–water partition coefficient (Wildman–Crippen LogP) is 3.22. The fraction of sp³-hybridized carbons (Fsp3) is 0.200. The second kappa shape index (κ2) is 9.51. The van der Waals surface area contributed by atoms with Gasteiger partial charge >= 0.3 is 6.03 Å². The second-order valence-corrected chi connectivity index (χ2v) is 6.17. The molecule has 0 aromatic heterocycles. The van der Waals surface area contributed by atoms with Gasteiger partial charge in [-0.2, -0.15) is 0 Å². The van der Waals surface area contributed by atoms with Gasteiger partial charge in [-0.25, -0.2) is 4.79 Å². The maximum absolute atomic E-state index is 12.0. The minimum absolute atomic E-state index is 0.0655. The number of anilines is 1. The summed E-state index contributed by atoms with van der Waals surface area (Å²) in [6.07, 6.45) is 0. The van der Waals surface area contributed by atoms with Gasteiger partial charge in [0, 0.05) is 30.2 Å². The van der Waals surface area contributed by atoms with E-state index in [0.29, 0.717) is 22.0 Å². The molecule has 2 aromatic rings. The minimum atomic E-state index is -0.420. The summed E-state index contributed by atoms with van der Waals surface area (Å²) in [5, 5.41) is 5.78. The van der Waals surface area contributed by atoms with Crippen molar-refractivity contribution in [3.05, 3.63) is 58.6 Å². The first kappa shape index (κ1) is 20.1. The zero-order valence-electron chi connectivity index (χ0n) is 15.3. The summed E-state index contributed by atoms with van der Waals surface area (Å²) in [5.74, 6) is 6.22. The van der Waals surface area contributed by atoms with Crippen LogP contribution >= 0.6 is 11.6 Å². The molecule has 0 spiro atoms. The zero-order chi connectivity index (χ0) is 19.8. The van der Waals surface area contributed by atoms with Crippen molar-refractivity contribution in [2.45, 2.75) is 0 Å². The van der Waals surface area contributed by atoms with Crippen LogP contribution < -0.4 is 15.4 Å². The standard InChI is InChI=1S/C20H20ClN3O3/c1-24(2)19(25)15-8-6-14(7-9-15)5-4-12-22-20(26)23-17-13-16(21)10-11-18(17)27-3/h6-11,13H,12H2,1-3H3,(H2,22,23,26). The molecule has 27 heavy (non-hydrogen) atoms. The number of rotatable bonds is 4. The lowest BCUT2D eigenvalue weighted by atomic mass is 10.1. The number of methoxy groups -OCH3 is 1. The Morgan fingerprint density at radius 1 is 1.15 bits per heavy atom. The number of halogens is 1. The smallest absolute Gasteiger partial charge is 0.320 e. The fourth-order valence-electron chi connectivity index (χ4n) is 2.17. The molecule has 0 atom stereocenters. The highest BCUT2D eigenvalue weighted by Gasteiger charge is 2.08. The Bertz CT molecular complexity index is 884. The number of amides is 3. The van der Waals surface area contributed by atoms with Crippen molar-refractivity contribution in [2.24, 2.45) is 0 Å². The van der Waals surface area contributed by atoms with E-state index in [1.807, 2.05) is 0 Å². The summed E-state index contributed by atoms with van der Waals surface area (Å²) in [6, 6.07) is 11.5. The molecule has 0 radical (unpaired) electrons. The van der Waals surface area contributed by atoms with Crippen LogP contribution in [-0.2, 0) is 0 Å². The molecule has 0 aliphatic carbocycles. The molecule has 0 saturated heterocycles. The van der Waals surface area contributed by atoms with E-state index in [9.17, 15) is 9.59 Å². The number of nitrogens with one attached hydrogen (secondary N) is 2. The zero-order valence-corrected chi connectivity index (χ0v) is 16.1. The first-order valence-electron chi connectivity index (χ1n) is 8.09. The number of carbonyl (C=O) groups excluding carboxylic acids is 2. The predicted molar refractivity (Wildman–Crippen MR) is 106 cm³/mol. The molecule has 0 heterocycles. The van der Waals surface area contributed by atoms with Gasteiger partial charge in [-0.05, 0) is 42.5 Å². The number of nitrogens with zero attached hydrogens (tertiary/aromatic N) is 1. The fourth-order valence-corrected chi connectivity index (χ4v) is 2.34. The van der Waals surface area contributed by atoms with Crippen LogP contribution in [0.1, 0.15) is 15.9 Å². The molecule has 140 valence electrons. The van der Waals surface area contributed by atoms with Crippen LogP contribution in [0.25, 0.3) is 0 Å². The molecule has 0 aliphatic heterocycles. The Morgan fingerprint density at radius 2 is 1.85 bits per heavy atom. The van der Waals surface area contributed by atoms with Gasteiger partial charge in [0.05, 0.1) is 19.3 Å². The van der Waals surface area contributed by atoms with Crippen molar-refractivity contribution in [1.29, 1.82) is 0 Å². The number of ether oxygens (including phenoxy) is 1. The van der Waals surface area contributed by atoms with Crippen molar-refractivity contribution in [3.63, 3.8) is 0 Å². The van der Waals surface area contributed by atoms with Gasteiger partial charge in [-0.3, -0.25) is 4.79 Å². The monoisotopic (exact) mass is 385 g/mol. The Labute approximate surface area is 163 Å². The molecule has 0 fully saturated rings. The van der Waals surface area contributed by atoms with Crippen molar-refractivity contribution >= 4 is 29.2 Å². The topological polar surface area (TPSA) is 70.7 Å². The van der Waals surface area contributed by atoms with E-state index < -0.39 is 6.03 Å². The summed E-state index contributed by atoms with van der Waals surface area (Å²) < 4.78 is 5.17. The third-order valence-electron chi connectivity index (χ3n) is 3.52. The molecular weight excluding hydrogens is 366 g/mol. The molecule has 2 aromatic carbocycles. The third kappa shape index (κ3) is 5.94. The number of hydrogen-bond acceptors (Lipinski definition) is 3. The average molecular weight is 386 g/mol. The third-order valence-corrected chi connectivity index (χ3v) is 3.75. The number of hydrogen-bond donors (Lipinski definition) is 2. The molecular formula is C20H20ClN3O3. The van der Waals surface area contributed by atoms with Gasteiger partial charge in [-0.15, -0.1) is 0 Å². The second-order valence-electron chi connectivity index (χ2n) is 5.73. The highest BCUT2D eigenvalue weighted by atomic mass is 35.5. The van der Waals surface area contributed by atoms with E-state index in [4.69, 9.17) is 16.3 Å². The lowest BCUT2D eigenvalue weighted by Gasteiger charge is -2.10. The van der Waals surface area contributed by atoms with Crippen molar-refractivity contribution in [1.82, 2.24) is 10.2 Å². The Morgan fingerprint density at radius 3 is 2.48 bits per heavy atom. The maximum atomic E-state index is 12.0. The molecule has 2 rings (SSSR count). The van der Waals surface area contributed by atoms with E-state index in [0.717, 1.165) is 5.56 Å². The average Bonchev–Trinajstić information content (AvgIpc) is 2.65. The molecule has 7 heteroatoms. The van der Waals surface area contributed by atoms with Gasteiger partial charge in [-0.1, -0.05) is 23.4 Å². The largest absolute Gasteiger partial charge is 0.495 e.